The topological polar surface area (TPSA) is 85.7 Å². The first-order chi connectivity index (χ1) is 13.6. The third kappa shape index (κ3) is 5.26. The second-order valence-electron chi connectivity index (χ2n) is 8.60. The fourth-order valence-corrected chi connectivity index (χ4v) is 3.58. The van der Waals surface area contributed by atoms with Crippen LogP contribution in [0.3, 0.4) is 0 Å². The largest absolute Gasteiger partial charge is 0.508 e. The molecule has 0 radical (unpaired) electrons. The number of phenols is 1. The lowest BCUT2D eigenvalue weighted by molar-refractivity contribution is -0.134. The second kappa shape index (κ2) is 8.41. The molecule has 3 rings (SSSR count). The van der Waals surface area contributed by atoms with E-state index in [2.05, 4.69) is 5.10 Å². The first-order valence-electron chi connectivity index (χ1n) is 9.98. The third-order valence-corrected chi connectivity index (χ3v) is 5.00. The van der Waals surface area contributed by atoms with Crippen LogP contribution in [0.1, 0.15) is 45.7 Å². The zero-order valence-electron chi connectivity index (χ0n) is 17.6. The molecular weight excluding hydrogens is 372 g/mol. The third-order valence-electron chi connectivity index (χ3n) is 5.00. The highest BCUT2D eigenvalue weighted by molar-refractivity contribution is 5.89. The van der Waals surface area contributed by atoms with Crippen LogP contribution in [0.15, 0.2) is 29.4 Å². The van der Waals surface area contributed by atoms with Gasteiger partial charge in [0.2, 0.25) is 0 Å². The maximum absolute atomic E-state index is 12.9. The molecule has 0 bridgehead atoms. The Labute approximate surface area is 171 Å². The van der Waals surface area contributed by atoms with E-state index in [-0.39, 0.29) is 30.3 Å². The zero-order valence-corrected chi connectivity index (χ0v) is 17.6. The Balaban J connectivity index is 1.58. The molecular formula is C21H30N4O4. The average Bonchev–Trinajstić information content (AvgIpc) is 3.03. The van der Waals surface area contributed by atoms with E-state index < -0.39 is 5.60 Å². The van der Waals surface area contributed by atoms with Crippen molar-refractivity contribution in [3.05, 3.63) is 29.8 Å². The van der Waals surface area contributed by atoms with Crippen LogP contribution < -0.4 is 0 Å². The molecule has 158 valence electrons. The molecule has 2 amide bonds. The second-order valence-corrected chi connectivity index (χ2v) is 8.60. The highest BCUT2D eigenvalue weighted by Gasteiger charge is 2.34. The first-order valence-corrected chi connectivity index (χ1v) is 9.98. The smallest absolute Gasteiger partial charge is 0.410 e. The molecule has 1 atom stereocenters. The van der Waals surface area contributed by atoms with Crippen LogP contribution in [-0.2, 0) is 9.53 Å². The van der Waals surface area contributed by atoms with E-state index in [9.17, 15) is 14.7 Å². The van der Waals surface area contributed by atoms with Gasteiger partial charge in [0.1, 0.15) is 11.4 Å². The van der Waals surface area contributed by atoms with Crippen LogP contribution in [0.2, 0.25) is 0 Å². The van der Waals surface area contributed by atoms with Gasteiger partial charge in [0, 0.05) is 43.9 Å². The van der Waals surface area contributed by atoms with Crippen molar-refractivity contribution in [2.24, 2.45) is 5.10 Å². The Morgan fingerprint density at radius 3 is 2.45 bits per heavy atom. The summed E-state index contributed by atoms with van der Waals surface area (Å²) >= 11 is 0. The molecule has 2 aliphatic rings. The first kappa shape index (κ1) is 21.1. The summed E-state index contributed by atoms with van der Waals surface area (Å²) in [6.45, 7) is 9.90. The fraction of sp³-hybridized carbons (Fsp3) is 0.571. The Bertz CT molecular complexity index is 794. The highest BCUT2D eigenvalue weighted by Crippen LogP contribution is 2.35. The van der Waals surface area contributed by atoms with Gasteiger partial charge in [0.25, 0.3) is 5.91 Å². The van der Waals surface area contributed by atoms with Crippen molar-refractivity contribution in [2.75, 3.05) is 32.7 Å². The average molecular weight is 402 g/mol. The number of aromatic hydroxyl groups is 1. The van der Waals surface area contributed by atoms with Gasteiger partial charge in [-0.1, -0.05) is 18.2 Å². The van der Waals surface area contributed by atoms with E-state index >= 15 is 0 Å². The minimum atomic E-state index is -0.520. The molecule has 2 heterocycles. The molecule has 0 saturated carbocycles. The van der Waals surface area contributed by atoms with Crippen molar-refractivity contribution in [2.45, 2.75) is 45.8 Å². The van der Waals surface area contributed by atoms with Crippen molar-refractivity contribution in [3.8, 4) is 5.75 Å². The number of amides is 2. The monoisotopic (exact) mass is 402 g/mol. The van der Waals surface area contributed by atoms with Crippen LogP contribution in [-0.4, -0.2) is 76.0 Å². The molecule has 2 aliphatic heterocycles. The summed E-state index contributed by atoms with van der Waals surface area (Å²) in [4.78, 5) is 28.8. The summed E-state index contributed by atoms with van der Waals surface area (Å²) < 4.78 is 5.41. The van der Waals surface area contributed by atoms with Gasteiger partial charge in [0.05, 0.1) is 12.6 Å². The van der Waals surface area contributed by atoms with Crippen LogP contribution in [0.5, 0.6) is 5.75 Å². The minimum absolute atomic E-state index is 0.110. The molecule has 1 unspecified atom stereocenters. The number of ether oxygens (including phenoxy) is 1. The Hall–Kier alpha value is -2.61. The van der Waals surface area contributed by atoms with E-state index in [0.29, 0.717) is 38.2 Å². The number of hydrogen-bond acceptors (Lipinski definition) is 6. The molecule has 8 nitrogen and oxygen atoms in total. The van der Waals surface area contributed by atoms with Gasteiger partial charge in [-0.25, -0.2) is 9.80 Å². The maximum Gasteiger partial charge on any atom is 0.410 e. The van der Waals surface area contributed by atoms with E-state index in [1.54, 1.807) is 17.0 Å². The van der Waals surface area contributed by atoms with Crippen LogP contribution in [0.25, 0.3) is 0 Å². The number of carbonyl (C=O) groups is 2. The minimum Gasteiger partial charge on any atom is -0.508 e. The van der Waals surface area contributed by atoms with Gasteiger partial charge in [-0.3, -0.25) is 9.69 Å². The fourth-order valence-electron chi connectivity index (χ4n) is 3.58. The summed E-state index contributed by atoms with van der Waals surface area (Å²) in [5.41, 5.74) is 1.05. The number of nitrogens with zero attached hydrogens (tertiary/aromatic N) is 4. The van der Waals surface area contributed by atoms with Crippen LogP contribution in [0, 0.1) is 0 Å². The molecule has 1 aromatic rings. The van der Waals surface area contributed by atoms with Crippen LogP contribution in [0.4, 0.5) is 4.79 Å². The molecule has 1 aromatic carbocycles. The molecule has 1 N–H and O–H groups in total. The van der Waals surface area contributed by atoms with Crippen molar-refractivity contribution >= 4 is 17.7 Å². The van der Waals surface area contributed by atoms with E-state index in [1.165, 1.54) is 5.01 Å². The maximum atomic E-state index is 12.9. The SMILES string of the molecule is CC1=NN(C(=O)CN2CCN(C(=O)OC(C)(C)C)CC2)C(c2ccccc2O)C1. The predicted molar refractivity (Wildman–Crippen MR) is 110 cm³/mol. The van der Waals surface area contributed by atoms with E-state index in [4.69, 9.17) is 4.74 Å². The Kier molecular flexibility index (Phi) is 6.12. The zero-order chi connectivity index (χ0) is 21.2. The molecule has 1 saturated heterocycles. The summed E-state index contributed by atoms with van der Waals surface area (Å²) in [5, 5.41) is 16.1. The molecule has 29 heavy (non-hydrogen) atoms. The number of benzene rings is 1. The number of hydrazone groups is 1. The molecule has 1 fully saturated rings. The lowest BCUT2D eigenvalue weighted by atomic mass is 10.0. The summed E-state index contributed by atoms with van der Waals surface area (Å²) in [6, 6.07) is 6.78. The number of piperazine rings is 1. The van der Waals surface area contributed by atoms with Gasteiger partial charge < -0.3 is 14.7 Å². The predicted octanol–water partition coefficient (Wildman–Crippen LogP) is 2.59. The molecule has 8 heteroatoms. The number of para-hydroxylation sites is 1. The van der Waals surface area contributed by atoms with E-state index in [1.807, 2.05) is 44.7 Å². The molecule has 0 aliphatic carbocycles. The molecule has 0 spiro atoms. The quantitative estimate of drug-likeness (QED) is 0.840. The van der Waals surface area contributed by atoms with Crippen molar-refractivity contribution in [1.29, 1.82) is 0 Å². The lowest BCUT2D eigenvalue weighted by Gasteiger charge is -2.35. The number of phenolic OH excluding ortho intramolecular Hbond substituents is 1. The number of carbonyl (C=O) groups excluding carboxylic acids is 2. The molecule has 0 aromatic heterocycles. The Morgan fingerprint density at radius 1 is 1.17 bits per heavy atom. The van der Waals surface area contributed by atoms with Gasteiger partial charge in [0.15, 0.2) is 0 Å². The lowest BCUT2D eigenvalue weighted by Crippen LogP contribution is -2.52. The van der Waals surface area contributed by atoms with Crippen molar-refractivity contribution in [1.82, 2.24) is 14.8 Å². The van der Waals surface area contributed by atoms with Gasteiger partial charge in [-0.15, -0.1) is 0 Å². The Morgan fingerprint density at radius 2 is 1.83 bits per heavy atom. The summed E-state index contributed by atoms with van der Waals surface area (Å²) in [5.74, 6) is 0.0620. The summed E-state index contributed by atoms with van der Waals surface area (Å²) in [6.07, 6.45) is 0.290. The normalized spacial score (nSPS) is 20.6. The summed E-state index contributed by atoms with van der Waals surface area (Å²) in [7, 11) is 0. The standard InChI is InChI=1S/C21H30N4O4/c1-15-13-17(16-7-5-6-8-18(16)26)25(22-15)19(27)14-23-9-11-24(12-10-23)20(28)29-21(2,3)4/h5-8,17,26H,9-14H2,1-4H3. The van der Waals surface area contributed by atoms with Gasteiger partial charge in [-0.2, -0.15) is 5.10 Å². The number of hydrogen-bond donors (Lipinski definition) is 1. The number of rotatable bonds is 3. The van der Waals surface area contributed by atoms with Crippen molar-refractivity contribution < 1.29 is 19.4 Å². The van der Waals surface area contributed by atoms with E-state index in [0.717, 1.165) is 5.71 Å². The van der Waals surface area contributed by atoms with Crippen molar-refractivity contribution in [3.63, 3.8) is 0 Å². The van der Waals surface area contributed by atoms with Gasteiger partial charge in [-0.05, 0) is 33.8 Å². The highest BCUT2D eigenvalue weighted by atomic mass is 16.6. The van der Waals surface area contributed by atoms with Gasteiger partial charge >= 0.3 is 6.09 Å². The van der Waals surface area contributed by atoms with Crippen LogP contribution >= 0.6 is 0 Å².